The number of nitro groups is 1. The van der Waals surface area contributed by atoms with Crippen LogP contribution in [0.5, 0.6) is 0 Å². The van der Waals surface area contributed by atoms with Crippen LogP contribution in [-0.2, 0) is 11.3 Å². The molecule has 0 fully saturated rings. The Bertz CT molecular complexity index is 843. The molecule has 0 aliphatic carbocycles. The summed E-state index contributed by atoms with van der Waals surface area (Å²) in [5.74, 6) is -1.09. The van der Waals surface area contributed by atoms with Gasteiger partial charge in [-0.15, -0.1) is 17.0 Å². The minimum Gasteiger partial charge on any atom is -0.480 e. The summed E-state index contributed by atoms with van der Waals surface area (Å²) in [6.45, 7) is -0.371. The van der Waals surface area contributed by atoms with Gasteiger partial charge < -0.3 is 20.4 Å². The van der Waals surface area contributed by atoms with Crippen molar-refractivity contribution in [3.63, 3.8) is 0 Å². The lowest BCUT2D eigenvalue weighted by Crippen LogP contribution is -2.30. The number of hydrogen-bond acceptors (Lipinski definition) is 6. The van der Waals surface area contributed by atoms with Crippen LogP contribution < -0.4 is 16.4 Å². The van der Waals surface area contributed by atoms with E-state index in [-0.39, 0.29) is 46.8 Å². The lowest BCUT2D eigenvalue weighted by molar-refractivity contribution is -0.384. The Kier molecular flexibility index (Phi) is 5.54. The highest BCUT2D eigenvalue weighted by atomic mass is 79.9. The van der Waals surface area contributed by atoms with Gasteiger partial charge in [-0.1, -0.05) is 0 Å². The Morgan fingerprint density at radius 3 is 2.50 bits per heavy atom. The number of non-ortho nitro benzene ring substituents is 1. The summed E-state index contributed by atoms with van der Waals surface area (Å²) in [6, 6.07) is 2.32. The number of benzene rings is 1. The number of H-pyrrole nitrogens is 2. The molecular formula is C11H11BrN4O6. The minimum absolute atomic E-state index is 0. The van der Waals surface area contributed by atoms with Crippen LogP contribution in [0.3, 0.4) is 0 Å². The third-order valence-corrected chi connectivity index (χ3v) is 2.70. The molecule has 2 rings (SSSR count). The number of aliphatic carboxylic acids is 1. The van der Waals surface area contributed by atoms with Gasteiger partial charge >= 0.3 is 17.1 Å². The lowest BCUT2D eigenvalue weighted by atomic mass is 10.1. The van der Waals surface area contributed by atoms with Crippen LogP contribution in [0.2, 0.25) is 0 Å². The predicted molar refractivity (Wildman–Crippen MR) is 81.5 cm³/mol. The number of halogens is 1. The molecule has 0 radical (unpaired) electrons. The van der Waals surface area contributed by atoms with Crippen molar-refractivity contribution in [2.45, 2.75) is 6.54 Å². The first kappa shape index (κ1) is 17.5. The number of aromatic amines is 2. The average molecular weight is 375 g/mol. The Hall–Kier alpha value is -2.53. The van der Waals surface area contributed by atoms with E-state index >= 15 is 0 Å². The van der Waals surface area contributed by atoms with E-state index in [0.29, 0.717) is 5.56 Å². The predicted octanol–water partition coefficient (Wildman–Crippen LogP) is -0.123. The molecule has 4 N–H and O–H groups in total. The SMILES string of the molecule is Br.O=C(O)CNCc1cc([N+](=O)[O-])cc2[nH]c(=O)c(=O)[nH]c12. The van der Waals surface area contributed by atoms with Crippen molar-refractivity contribution in [1.82, 2.24) is 15.3 Å². The number of nitrogens with zero attached hydrogens (tertiary/aromatic N) is 1. The molecule has 0 amide bonds. The van der Waals surface area contributed by atoms with E-state index in [9.17, 15) is 24.5 Å². The molecule has 22 heavy (non-hydrogen) atoms. The number of rotatable bonds is 5. The molecule has 118 valence electrons. The highest BCUT2D eigenvalue weighted by Gasteiger charge is 2.13. The molecule has 1 aromatic heterocycles. The van der Waals surface area contributed by atoms with E-state index in [1.165, 1.54) is 6.07 Å². The molecule has 0 atom stereocenters. The Labute approximate surface area is 132 Å². The van der Waals surface area contributed by atoms with Crippen LogP contribution in [0.25, 0.3) is 11.0 Å². The van der Waals surface area contributed by atoms with E-state index < -0.39 is 22.0 Å². The van der Waals surface area contributed by atoms with Crippen LogP contribution in [0.1, 0.15) is 5.56 Å². The zero-order valence-electron chi connectivity index (χ0n) is 10.9. The number of carbonyl (C=O) groups is 1. The summed E-state index contributed by atoms with van der Waals surface area (Å²) in [5.41, 5.74) is -1.49. The molecule has 0 bridgehead atoms. The van der Waals surface area contributed by atoms with E-state index in [4.69, 9.17) is 5.11 Å². The largest absolute Gasteiger partial charge is 0.480 e. The maximum atomic E-state index is 11.3. The molecule has 0 saturated heterocycles. The monoisotopic (exact) mass is 374 g/mol. The van der Waals surface area contributed by atoms with Gasteiger partial charge in [-0.25, -0.2) is 0 Å². The van der Waals surface area contributed by atoms with E-state index in [1.54, 1.807) is 0 Å². The summed E-state index contributed by atoms with van der Waals surface area (Å²) in [6.07, 6.45) is 0. The van der Waals surface area contributed by atoms with Gasteiger partial charge in [0.05, 0.1) is 22.5 Å². The second kappa shape index (κ2) is 6.95. The van der Waals surface area contributed by atoms with Gasteiger partial charge in [0.15, 0.2) is 0 Å². The normalized spacial score (nSPS) is 10.2. The number of carboxylic acid groups (broad SMARTS) is 1. The number of nitrogens with one attached hydrogen (secondary N) is 3. The molecule has 0 aliphatic rings. The average Bonchev–Trinajstić information content (AvgIpc) is 2.39. The molecule has 1 aromatic carbocycles. The van der Waals surface area contributed by atoms with Crippen molar-refractivity contribution in [3.05, 3.63) is 48.5 Å². The first-order valence-corrected chi connectivity index (χ1v) is 5.74. The maximum absolute atomic E-state index is 11.3. The minimum atomic E-state index is -1.09. The molecular weight excluding hydrogens is 364 g/mol. The molecule has 11 heteroatoms. The third kappa shape index (κ3) is 3.77. The zero-order chi connectivity index (χ0) is 15.6. The third-order valence-electron chi connectivity index (χ3n) is 2.70. The van der Waals surface area contributed by atoms with Gasteiger partial charge in [0.2, 0.25) is 0 Å². The smallest absolute Gasteiger partial charge is 0.317 e. The highest BCUT2D eigenvalue weighted by molar-refractivity contribution is 8.93. The van der Waals surface area contributed by atoms with Crippen molar-refractivity contribution in [1.29, 1.82) is 0 Å². The van der Waals surface area contributed by atoms with Gasteiger partial charge in [0.25, 0.3) is 5.69 Å². The fourth-order valence-corrected chi connectivity index (χ4v) is 1.83. The maximum Gasteiger partial charge on any atom is 0.317 e. The van der Waals surface area contributed by atoms with E-state index in [1.807, 2.05) is 0 Å². The number of aromatic nitrogens is 2. The molecule has 10 nitrogen and oxygen atoms in total. The molecule has 1 heterocycles. The molecule has 0 unspecified atom stereocenters. The van der Waals surface area contributed by atoms with E-state index in [0.717, 1.165) is 6.07 Å². The quantitative estimate of drug-likeness (QED) is 0.322. The summed E-state index contributed by atoms with van der Waals surface area (Å²) in [7, 11) is 0. The van der Waals surface area contributed by atoms with Crippen molar-refractivity contribution in [3.8, 4) is 0 Å². The number of fused-ring (bicyclic) bond motifs is 1. The van der Waals surface area contributed by atoms with E-state index in [2.05, 4.69) is 15.3 Å². The van der Waals surface area contributed by atoms with Gasteiger partial charge in [-0.3, -0.25) is 24.5 Å². The Morgan fingerprint density at radius 2 is 1.91 bits per heavy atom. The highest BCUT2D eigenvalue weighted by Crippen LogP contribution is 2.21. The van der Waals surface area contributed by atoms with Crippen LogP contribution in [-0.4, -0.2) is 32.5 Å². The fourth-order valence-electron chi connectivity index (χ4n) is 1.83. The second-order valence-electron chi connectivity index (χ2n) is 4.19. The van der Waals surface area contributed by atoms with Crippen molar-refractivity contribution < 1.29 is 14.8 Å². The van der Waals surface area contributed by atoms with Gasteiger partial charge in [0.1, 0.15) is 0 Å². The lowest BCUT2D eigenvalue weighted by Gasteiger charge is -2.06. The van der Waals surface area contributed by atoms with Crippen LogP contribution in [0, 0.1) is 10.1 Å². The second-order valence-corrected chi connectivity index (χ2v) is 4.19. The van der Waals surface area contributed by atoms with Gasteiger partial charge in [0, 0.05) is 18.7 Å². The zero-order valence-corrected chi connectivity index (χ0v) is 12.6. The Balaban J connectivity index is 0.00000242. The number of nitro benzene ring substituents is 1. The molecule has 0 aliphatic heterocycles. The molecule has 0 saturated carbocycles. The van der Waals surface area contributed by atoms with Gasteiger partial charge in [-0.05, 0) is 5.56 Å². The van der Waals surface area contributed by atoms with Crippen molar-refractivity contribution >= 4 is 39.7 Å². The fraction of sp³-hybridized carbons (Fsp3) is 0.182. The summed E-state index contributed by atoms with van der Waals surface area (Å²) >= 11 is 0. The standard InChI is InChI=1S/C11H10N4O6.BrH/c16-8(17)4-12-3-5-1-6(15(20)21)2-7-9(5)14-11(19)10(18)13-7;/h1-2,12H,3-4H2,(H,13,18)(H,14,19)(H,16,17);1H. The van der Waals surface area contributed by atoms with Gasteiger partial charge in [-0.2, -0.15) is 0 Å². The first-order valence-electron chi connectivity index (χ1n) is 5.74. The number of hydrogen-bond donors (Lipinski definition) is 4. The summed E-state index contributed by atoms with van der Waals surface area (Å²) < 4.78 is 0. The number of carboxylic acids is 1. The molecule has 0 spiro atoms. The van der Waals surface area contributed by atoms with Crippen LogP contribution in [0.15, 0.2) is 21.7 Å². The van der Waals surface area contributed by atoms with Crippen molar-refractivity contribution in [2.24, 2.45) is 0 Å². The topological polar surface area (TPSA) is 158 Å². The Morgan fingerprint density at radius 1 is 1.27 bits per heavy atom. The van der Waals surface area contributed by atoms with Crippen molar-refractivity contribution in [2.75, 3.05) is 6.54 Å². The first-order chi connectivity index (χ1) is 9.88. The summed E-state index contributed by atoms with van der Waals surface area (Å²) in [4.78, 5) is 47.8. The molecule has 2 aromatic rings. The van der Waals surface area contributed by atoms with Crippen LogP contribution in [0.4, 0.5) is 5.69 Å². The summed E-state index contributed by atoms with van der Waals surface area (Å²) in [5, 5.41) is 22.0. The van der Waals surface area contributed by atoms with Crippen LogP contribution >= 0.6 is 17.0 Å².